The summed E-state index contributed by atoms with van der Waals surface area (Å²) in [5.41, 5.74) is 7.07. The van der Waals surface area contributed by atoms with Crippen LogP contribution in [-0.2, 0) is 0 Å². The number of furan rings is 1. The second-order valence-corrected chi connectivity index (χ2v) is 5.03. The highest BCUT2D eigenvalue weighted by Crippen LogP contribution is 2.26. The molecule has 1 heterocycles. The summed E-state index contributed by atoms with van der Waals surface area (Å²) in [7, 11) is 0. The summed E-state index contributed by atoms with van der Waals surface area (Å²) in [6.45, 7) is 0. The van der Waals surface area contributed by atoms with Crippen LogP contribution in [0.3, 0.4) is 0 Å². The Bertz CT molecular complexity index is 433. The Kier molecular flexibility index (Phi) is 3.29. The van der Waals surface area contributed by atoms with Crippen LogP contribution in [0.4, 0.5) is 0 Å². The monoisotopic (exact) mass is 329 g/mol. The molecule has 0 amide bonds. The van der Waals surface area contributed by atoms with Crippen molar-refractivity contribution in [2.75, 3.05) is 0 Å². The number of halogens is 2. The first-order valence-electron chi connectivity index (χ1n) is 4.42. The summed E-state index contributed by atoms with van der Waals surface area (Å²) in [5.74, 6) is 0.764. The van der Waals surface area contributed by atoms with E-state index in [-0.39, 0.29) is 6.04 Å². The highest BCUT2D eigenvalue weighted by atomic mass is 79.9. The summed E-state index contributed by atoms with van der Waals surface area (Å²) < 4.78 is 7.26. The molecule has 0 aliphatic carbocycles. The number of nitrogens with two attached hydrogens (primary N) is 1. The maximum atomic E-state index is 6.06. The zero-order chi connectivity index (χ0) is 10.8. The van der Waals surface area contributed by atoms with Crippen molar-refractivity contribution in [3.8, 4) is 0 Å². The highest BCUT2D eigenvalue weighted by molar-refractivity contribution is 9.11. The van der Waals surface area contributed by atoms with E-state index < -0.39 is 0 Å². The molecule has 0 bridgehead atoms. The van der Waals surface area contributed by atoms with Gasteiger partial charge in [-0.25, -0.2) is 0 Å². The number of hydrogen-bond acceptors (Lipinski definition) is 2. The predicted molar refractivity (Wildman–Crippen MR) is 66.6 cm³/mol. The topological polar surface area (TPSA) is 39.2 Å². The molecular formula is C11H9Br2NO. The Morgan fingerprint density at radius 2 is 1.80 bits per heavy atom. The van der Waals surface area contributed by atoms with Gasteiger partial charge in [-0.2, -0.15) is 0 Å². The van der Waals surface area contributed by atoms with Crippen molar-refractivity contribution < 1.29 is 4.42 Å². The minimum Gasteiger partial charge on any atom is -0.467 e. The van der Waals surface area contributed by atoms with Crippen molar-refractivity contribution in [3.63, 3.8) is 0 Å². The quantitative estimate of drug-likeness (QED) is 0.908. The van der Waals surface area contributed by atoms with Gasteiger partial charge in [-0.05, 0) is 35.9 Å². The third-order valence-corrected chi connectivity index (χ3v) is 3.01. The van der Waals surface area contributed by atoms with Crippen LogP contribution in [0, 0.1) is 0 Å². The summed E-state index contributed by atoms with van der Waals surface area (Å²) in [6.07, 6.45) is 1.63. The van der Waals surface area contributed by atoms with Crippen LogP contribution in [0.1, 0.15) is 17.4 Å². The van der Waals surface area contributed by atoms with E-state index in [1.165, 1.54) is 0 Å². The third-order valence-electron chi connectivity index (χ3n) is 2.09. The summed E-state index contributed by atoms with van der Waals surface area (Å²) in [4.78, 5) is 0. The zero-order valence-corrected chi connectivity index (χ0v) is 11.0. The van der Waals surface area contributed by atoms with E-state index in [0.717, 1.165) is 20.3 Å². The highest BCUT2D eigenvalue weighted by Gasteiger charge is 2.12. The second kappa shape index (κ2) is 4.51. The average Bonchev–Trinajstić information content (AvgIpc) is 2.67. The number of benzene rings is 1. The molecule has 2 N–H and O–H groups in total. The Hall–Kier alpha value is -0.580. The molecule has 0 aliphatic rings. The molecule has 2 rings (SSSR count). The van der Waals surface area contributed by atoms with Crippen molar-refractivity contribution >= 4 is 31.9 Å². The Morgan fingerprint density at radius 3 is 2.33 bits per heavy atom. The molecule has 2 nitrogen and oxygen atoms in total. The van der Waals surface area contributed by atoms with Crippen molar-refractivity contribution in [3.05, 3.63) is 56.9 Å². The molecule has 78 valence electrons. The Morgan fingerprint density at radius 1 is 1.13 bits per heavy atom. The van der Waals surface area contributed by atoms with Gasteiger partial charge in [0.15, 0.2) is 0 Å². The van der Waals surface area contributed by atoms with Gasteiger partial charge >= 0.3 is 0 Å². The fourth-order valence-electron chi connectivity index (χ4n) is 1.39. The fraction of sp³-hybridized carbons (Fsp3) is 0.0909. The van der Waals surface area contributed by atoms with Gasteiger partial charge in [0.05, 0.1) is 12.3 Å². The van der Waals surface area contributed by atoms with Crippen LogP contribution in [0.25, 0.3) is 0 Å². The van der Waals surface area contributed by atoms with E-state index >= 15 is 0 Å². The predicted octanol–water partition coefficient (Wildman–Crippen LogP) is 3.85. The molecule has 0 saturated carbocycles. The van der Waals surface area contributed by atoms with Crippen molar-refractivity contribution in [1.29, 1.82) is 0 Å². The van der Waals surface area contributed by atoms with Crippen LogP contribution in [-0.4, -0.2) is 0 Å². The van der Waals surface area contributed by atoms with Crippen molar-refractivity contribution in [2.24, 2.45) is 5.73 Å². The van der Waals surface area contributed by atoms with E-state index in [0.29, 0.717) is 0 Å². The average molecular weight is 331 g/mol. The first kappa shape index (κ1) is 10.9. The smallest absolute Gasteiger partial charge is 0.124 e. The van der Waals surface area contributed by atoms with E-state index in [4.69, 9.17) is 10.2 Å². The second-order valence-electron chi connectivity index (χ2n) is 3.20. The van der Waals surface area contributed by atoms with Crippen LogP contribution >= 0.6 is 31.9 Å². The molecular weight excluding hydrogens is 322 g/mol. The van der Waals surface area contributed by atoms with E-state index in [9.17, 15) is 0 Å². The van der Waals surface area contributed by atoms with Gasteiger partial charge in [0.2, 0.25) is 0 Å². The van der Waals surface area contributed by atoms with Gasteiger partial charge in [-0.3, -0.25) is 0 Å². The normalized spacial score (nSPS) is 12.7. The van der Waals surface area contributed by atoms with Crippen molar-refractivity contribution in [1.82, 2.24) is 0 Å². The van der Waals surface area contributed by atoms with Crippen LogP contribution < -0.4 is 5.73 Å². The van der Waals surface area contributed by atoms with E-state index in [2.05, 4.69) is 31.9 Å². The molecule has 0 radical (unpaired) electrons. The van der Waals surface area contributed by atoms with Crippen LogP contribution in [0.2, 0.25) is 0 Å². The molecule has 1 aromatic heterocycles. The SMILES string of the molecule is NC(c1cc(Br)cc(Br)c1)c1ccco1. The lowest BCUT2D eigenvalue weighted by molar-refractivity contribution is 0.489. The maximum absolute atomic E-state index is 6.06. The summed E-state index contributed by atoms with van der Waals surface area (Å²) in [5, 5.41) is 0. The van der Waals surface area contributed by atoms with E-state index in [1.807, 2.05) is 30.3 Å². The van der Waals surface area contributed by atoms with Gasteiger partial charge in [0.1, 0.15) is 5.76 Å². The van der Waals surface area contributed by atoms with Crippen molar-refractivity contribution in [2.45, 2.75) is 6.04 Å². The lowest BCUT2D eigenvalue weighted by Gasteiger charge is -2.10. The molecule has 2 aromatic rings. The Labute approximate surface area is 105 Å². The lowest BCUT2D eigenvalue weighted by Crippen LogP contribution is -2.10. The fourth-order valence-corrected chi connectivity index (χ4v) is 2.72. The largest absolute Gasteiger partial charge is 0.467 e. The van der Waals surface area contributed by atoms with Gasteiger partial charge in [-0.15, -0.1) is 0 Å². The van der Waals surface area contributed by atoms with Crippen LogP contribution in [0.5, 0.6) is 0 Å². The first-order chi connectivity index (χ1) is 7.16. The zero-order valence-electron chi connectivity index (χ0n) is 7.78. The van der Waals surface area contributed by atoms with Gasteiger partial charge in [0.25, 0.3) is 0 Å². The van der Waals surface area contributed by atoms with Crippen LogP contribution in [0.15, 0.2) is 50.0 Å². The minimum absolute atomic E-state index is 0.228. The molecule has 1 unspecified atom stereocenters. The molecule has 1 atom stereocenters. The Balaban J connectivity index is 2.37. The third kappa shape index (κ3) is 2.51. The lowest BCUT2D eigenvalue weighted by atomic mass is 10.1. The van der Waals surface area contributed by atoms with E-state index in [1.54, 1.807) is 6.26 Å². The molecule has 0 aliphatic heterocycles. The number of hydrogen-bond donors (Lipinski definition) is 1. The number of rotatable bonds is 2. The van der Waals surface area contributed by atoms with Gasteiger partial charge in [0, 0.05) is 8.95 Å². The first-order valence-corrected chi connectivity index (χ1v) is 6.00. The molecule has 15 heavy (non-hydrogen) atoms. The molecule has 4 heteroatoms. The maximum Gasteiger partial charge on any atom is 0.124 e. The standard InChI is InChI=1S/C11H9Br2NO/c12-8-4-7(5-9(13)6-8)11(14)10-2-1-3-15-10/h1-6,11H,14H2. The molecule has 1 aromatic carbocycles. The molecule has 0 saturated heterocycles. The molecule has 0 spiro atoms. The summed E-state index contributed by atoms with van der Waals surface area (Å²) >= 11 is 6.86. The van der Waals surface area contributed by atoms with Gasteiger partial charge < -0.3 is 10.2 Å². The summed E-state index contributed by atoms with van der Waals surface area (Å²) in [6, 6.07) is 9.42. The van der Waals surface area contributed by atoms with Gasteiger partial charge in [-0.1, -0.05) is 31.9 Å². The minimum atomic E-state index is -0.228. The molecule has 0 fully saturated rings.